The Morgan fingerprint density at radius 1 is 1.14 bits per heavy atom. The summed E-state index contributed by atoms with van der Waals surface area (Å²) in [5.74, 6) is 0.773. The lowest BCUT2D eigenvalue weighted by atomic mass is 9.70. The minimum Gasteiger partial charge on any atom is -0.462 e. The fourth-order valence-corrected chi connectivity index (χ4v) is 4.82. The standard InChI is InChI=1S/C18H31BrO2/c1-17(2)14-10-11-18(17,3)15(13-14)21-16(20)9-7-5-4-6-8-12-19/h14-15H,4-13H2,1-3H3/t14-,15+,18+/m1/s1. The predicted molar refractivity (Wildman–Crippen MR) is 90.6 cm³/mol. The Morgan fingerprint density at radius 3 is 2.38 bits per heavy atom. The van der Waals surface area contributed by atoms with Gasteiger partial charge in [0.05, 0.1) is 0 Å². The second-order valence-corrected chi connectivity index (χ2v) is 8.59. The fourth-order valence-electron chi connectivity index (χ4n) is 4.42. The zero-order chi connectivity index (χ0) is 15.5. The molecule has 0 spiro atoms. The molecule has 2 rings (SSSR count). The lowest BCUT2D eigenvalue weighted by Gasteiger charge is -2.38. The number of unbranched alkanes of at least 4 members (excludes halogenated alkanes) is 4. The molecule has 2 aliphatic carbocycles. The van der Waals surface area contributed by atoms with Gasteiger partial charge in [0.2, 0.25) is 0 Å². The van der Waals surface area contributed by atoms with E-state index in [1.807, 2.05) is 0 Å². The predicted octanol–water partition coefficient (Wildman–Crippen LogP) is 5.48. The number of hydrogen-bond acceptors (Lipinski definition) is 2. The first-order valence-corrected chi connectivity index (χ1v) is 9.79. The van der Waals surface area contributed by atoms with Crippen molar-refractivity contribution in [2.24, 2.45) is 16.7 Å². The Morgan fingerprint density at radius 2 is 1.81 bits per heavy atom. The van der Waals surface area contributed by atoms with Gasteiger partial charge in [0.15, 0.2) is 0 Å². The quantitative estimate of drug-likeness (QED) is 0.326. The van der Waals surface area contributed by atoms with E-state index in [-0.39, 0.29) is 17.5 Å². The Balaban J connectivity index is 1.70. The van der Waals surface area contributed by atoms with Gasteiger partial charge in [-0.3, -0.25) is 4.79 Å². The number of alkyl halides is 1. The number of fused-ring (bicyclic) bond motifs is 2. The third kappa shape index (κ3) is 3.48. The molecule has 0 aromatic rings. The Bertz CT molecular complexity index is 366. The summed E-state index contributed by atoms with van der Waals surface area (Å²) < 4.78 is 5.87. The average Bonchev–Trinajstić information content (AvgIpc) is 2.76. The van der Waals surface area contributed by atoms with E-state index < -0.39 is 0 Å². The highest BCUT2D eigenvalue weighted by Crippen LogP contribution is 2.66. The van der Waals surface area contributed by atoms with E-state index >= 15 is 0 Å². The first-order chi connectivity index (χ1) is 9.91. The van der Waals surface area contributed by atoms with Crippen LogP contribution in [0.4, 0.5) is 0 Å². The maximum Gasteiger partial charge on any atom is 0.306 e. The van der Waals surface area contributed by atoms with Crippen LogP contribution in [0.5, 0.6) is 0 Å². The third-order valence-electron chi connectivity index (χ3n) is 6.50. The van der Waals surface area contributed by atoms with Gasteiger partial charge >= 0.3 is 5.97 Å². The van der Waals surface area contributed by atoms with Crippen molar-refractivity contribution < 1.29 is 9.53 Å². The summed E-state index contributed by atoms with van der Waals surface area (Å²) in [7, 11) is 0. The molecule has 0 radical (unpaired) electrons. The maximum atomic E-state index is 12.1. The molecule has 3 atom stereocenters. The van der Waals surface area contributed by atoms with Gasteiger partial charge in [0.1, 0.15) is 6.10 Å². The molecule has 0 amide bonds. The van der Waals surface area contributed by atoms with E-state index in [0.717, 1.165) is 30.5 Å². The van der Waals surface area contributed by atoms with Gasteiger partial charge in [-0.2, -0.15) is 0 Å². The van der Waals surface area contributed by atoms with Crippen LogP contribution in [0.15, 0.2) is 0 Å². The maximum absolute atomic E-state index is 12.1. The van der Waals surface area contributed by atoms with E-state index in [1.54, 1.807) is 0 Å². The van der Waals surface area contributed by atoms with Crippen LogP contribution in [-0.2, 0) is 9.53 Å². The molecule has 0 aromatic carbocycles. The molecule has 0 saturated heterocycles. The number of ether oxygens (including phenoxy) is 1. The van der Waals surface area contributed by atoms with E-state index in [0.29, 0.717) is 11.8 Å². The molecule has 0 unspecified atom stereocenters. The smallest absolute Gasteiger partial charge is 0.306 e. The summed E-state index contributed by atoms with van der Waals surface area (Å²) in [6.07, 6.45) is 10.2. The van der Waals surface area contributed by atoms with Gasteiger partial charge < -0.3 is 4.74 Å². The summed E-state index contributed by atoms with van der Waals surface area (Å²) >= 11 is 3.45. The van der Waals surface area contributed by atoms with Crippen LogP contribution in [0, 0.1) is 16.7 Å². The van der Waals surface area contributed by atoms with Crippen molar-refractivity contribution in [2.75, 3.05) is 5.33 Å². The van der Waals surface area contributed by atoms with E-state index in [1.165, 1.54) is 32.1 Å². The SMILES string of the molecule is CC1(C)[C@@H]2CC[C@@]1(C)[C@@H](OC(=O)CCCCCCCBr)C2. The van der Waals surface area contributed by atoms with Crippen molar-refractivity contribution >= 4 is 21.9 Å². The van der Waals surface area contributed by atoms with Crippen molar-refractivity contribution in [1.82, 2.24) is 0 Å². The number of esters is 1. The Labute approximate surface area is 138 Å². The van der Waals surface area contributed by atoms with Crippen molar-refractivity contribution in [3.8, 4) is 0 Å². The highest BCUT2D eigenvalue weighted by atomic mass is 79.9. The normalized spacial score (nSPS) is 33.3. The molecule has 2 bridgehead atoms. The number of hydrogen-bond donors (Lipinski definition) is 0. The van der Waals surface area contributed by atoms with Crippen LogP contribution in [0.25, 0.3) is 0 Å². The van der Waals surface area contributed by atoms with Gasteiger partial charge in [-0.25, -0.2) is 0 Å². The van der Waals surface area contributed by atoms with Gasteiger partial charge in [0, 0.05) is 17.2 Å². The average molecular weight is 359 g/mol. The van der Waals surface area contributed by atoms with Gasteiger partial charge in [-0.15, -0.1) is 0 Å². The summed E-state index contributed by atoms with van der Waals surface area (Å²) in [5.41, 5.74) is 0.525. The number of rotatable bonds is 8. The summed E-state index contributed by atoms with van der Waals surface area (Å²) in [4.78, 5) is 12.1. The minimum absolute atomic E-state index is 0.0325. The van der Waals surface area contributed by atoms with Crippen LogP contribution in [0.3, 0.4) is 0 Å². The lowest BCUT2D eigenvalue weighted by Crippen LogP contribution is -2.38. The molecule has 21 heavy (non-hydrogen) atoms. The molecule has 0 aromatic heterocycles. The molecule has 0 heterocycles. The van der Waals surface area contributed by atoms with E-state index in [9.17, 15) is 4.79 Å². The second-order valence-electron chi connectivity index (χ2n) is 7.80. The van der Waals surface area contributed by atoms with Gasteiger partial charge in [0.25, 0.3) is 0 Å². The molecule has 2 nitrogen and oxygen atoms in total. The van der Waals surface area contributed by atoms with Crippen LogP contribution in [-0.4, -0.2) is 17.4 Å². The van der Waals surface area contributed by atoms with Crippen molar-refractivity contribution in [2.45, 2.75) is 84.7 Å². The Hall–Kier alpha value is -0.0500. The van der Waals surface area contributed by atoms with Crippen LogP contribution in [0.2, 0.25) is 0 Å². The first-order valence-electron chi connectivity index (χ1n) is 8.67. The molecular weight excluding hydrogens is 328 g/mol. The topological polar surface area (TPSA) is 26.3 Å². The minimum atomic E-state index is 0.0325. The number of carbonyl (C=O) groups is 1. The monoisotopic (exact) mass is 358 g/mol. The lowest BCUT2D eigenvalue weighted by molar-refractivity contribution is -0.157. The molecule has 2 fully saturated rings. The van der Waals surface area contributed by atoms with Gasteiger partial charge in [-0.1, -0.05) is 56.0 Å². The second kappa shape index (κ2) is 7.02. The number of halogens is 1. The van der Waals surface area contributed by atoms with Crippen molar-refractivity contribution in [3.05, 3.63) is 0 Å². The van der Waals surface area contributed by atoms with Crippen molar-refractivity contribution in [3.63, 3.8) is 0 Å². The highest BCUT2D eigenvalue weighted by Gasteiger charge is 2.62. The third-order valence-corrected chi connectivity index (χ3v) is 7.06. The number of carbonyl (C=O) groups excluding carboxylic acids is 1. The zero-order valence-corrected chi connectivity index (χ0v) is 15.5. The van der Waals surface area contributed by atoms with Crippen LogP contribution in [0.1, 0.15) is 78.6 Å². The van der Waals surface area contributed by atoms with E-state index in [4.69, 9.17) is 4.74 Å². The highest BCUT2D eigenvalue weighted by molar-refractivity contribution is 9.09. The molecule has 0 aliphatic heterocycles. The van der Waals surface area contributed by atoms with Gasteiger partial charge in [-0.05, 0) is 43.4 Å². The largest absolute Gasteiger partial charge is 0.462 e. The molecule has 2 aliphatic rings. The molecular formula is C18H31BrO2. The summed E-state index contributed by atoms with van der Waals surface area (Å²) in [6.45, 7) is 7.06. The molecule has 3 heteroatoms. The summed E-state index contributed by atoms with van der Waals surface area (Å²) in [5, 5.41) is 1.09. The first kappa shape index (κ1) is 17.3. The Kier molecular flexibility index (Phi) is 5.78. The molecule has 0 N–H and O–H groups in total. The molecule has 122 valence electrons. The zero-order valence-electron chi connectivity index (χ0n) is 13.9. The van der Waals surface area contributed by atoms with E-state index in [2.05, 4.69) is 36.7 Å². The van der Waals surface area contributed by atoms with Crippen molar-refractivity contribution in [1.29, 1.82) is 0 Å². The summed E-state index contributed by atoms with van der Waals surface area (Å²) in [6, 6.07) is 0. The molecule has 2 saturated carbocycles. The van der Waals surface area contributed by atoms with Crippen LogP contribution >= 0.6 is 15.9 Å². The van der Waals surface area contributed by atoms with Crippen LogP contribution < -0.4 is 0 Å². The fraction of sp³-hybridized carbons (Fsp3) is 0.944.